The Hall–Kier alpha value is -2.77. The zero-order valence-electron chi connectivity index (χ0n) is 19.6. The summed E-state index contributed by atoms with van der Waals surface area (Å²) in [6, 6.07) is 12.4. The van der Waals surface area contributed by atoms with Gasteiger partial charge in [-0.05, 0) is 55.3 Å². The number of amides is 4. The summed E-state index contributed by atoms with van der Waals surface area (Å²) < 4.78 is 0. The van der Waals surface area contributed by atoms with Crippen molar-refractivity contribution in [2.24, 2.45) is 5.92 Å². The molecule has 3 unspecified atom stereocenters. The largest absolute Gasteiger partial charge is 0.340 e. The maximum absolute atomic E-state index is 13.4. The third kappa shape index (κ3) is 6.42. The van der Waals surface area contributed by atoms with Gasteiger partial charge in [-0.1, -0.05) is 49.5 Å². The van der Waals surface area contributed by atoms with Gasteiger partial charge in [0.15, 0.2) is 0 Å². The van der Waals surface area contributed by atoms with Gasteiger partial charge < -0.3 is 20.4 Å². The van der Waals surface area contributed by atoms with Crippen LogP contribution in [0, 0.1) is 5.92 Å². The number of hydrogen-bond donors (Lipinski definition) is 2. The van der Waals surface area contributed by atoms with Crippen LogP contribution in [0.3, 0.4) is 0 Å². The smallest absolute Gasteiger partial charge is 0.322 e. The number of hydrogen-bond acceptors (Lipinski definition) is 3. The number of rotatable bonds is 6. The van der Waals surface area contributed by atoms with E-state index >= 15 is 0 Å². The molecule has 182 valence electrons. The van der Waals surface area contributed by atoms with Gasteiger partial charge >= 0.3 is 6.03 Å². The van der Waals surface area contributed by atoms with E-state index in [-0.39, 0.29) is 29.8 Å². The van der Waals surface area contributed by atoms with E-state index in [0.29, 0.717) is 40.9 Å². The van der Waals surface area contributed by atoms with E-state index in [0.717, 1.165) is 6.42 Å². The quantitative estimate of drug-likeness (QED) is 0.586. The van der Waals surface area contributed by atoms with E-state index in [4.69, 9.17) is 23.2 Å². The second-order valence-corrected chi connectivity index (χ2v) is 9.48. The molecule has 0 radical (unpaired) electrons. The molecule has 1 fully saturated rings. The maximum atomic E-state index is 13.4. The minimum atomic E-state index is -0.660. The number of carbonyl (C=O) groups excluding carboxylic acids is 3. The van der Waals surface area contributed by atoms with Crippen molar-refractivity contribution in [2.45, 2.75) is 39.3 Å². The molecule has 2 aromatic rings. The Balaban J connectivity index is 1.64. The first kappa shape index (κ1) is 25.8. The van der Waals surface area contributed by atoms with Crippen LogP contribution in [0.15, 0.2) is 48.5 Å². The van der Waals surface area contributed by atoms with Crippen molar-refractivity contribution in [3.05, 3.63) is 64.1 Å². The lowest BCUT2D eigenvalue weighted by molar-refractivity contribution is -0.136. The predicted octanol–water partition coefficient (Wildman–Crippen LogP) is 4.90. The molecule has 0 bridgehead atoms. The predicted molar refractivity (Wildman–Crippen MR) is 135 cm³/mol. The Kier molecular flexibility index (Phi) is 8.80. The summed E-state index contributed by atoms with van der Waals surface area (Å²) in [5, 5.41) is 6.85. The number of anilines is 1. The van der Waals surface area contributed by atoms with Gasteiger partial charge in [0.2, 0.25) is 5.91 Å². The fourth-order valence-corrected chi connectivity index (χ4v) is 4.24. The van der Waals surface area contributed by atoms with Crippen molar-refractivity contribution in [3.8, 4) is 0 Å². The van der Waals surface area contributed by atoms with E-state index in [1.165, 1.54) is 0 Å². The van der Waals surface area contributed by atoms with Crippen LogP contribution in [-0.2, 0) is 4.79 Å². The molecule has 0 aromatic heterocycles. The lowest BCUT2D eigenvalue weighted by Crippen LogP contribution is -2.60. The minimum absolute atomic E-state index is 0.0526. The van der Waals surface area contributed by atoms with Gasteiger partial charge in [-0.25, -0.2) is 4.79 Å². The summed E-state index contributed by atoms with van der Waals surface area (Å²) in [5.41, 5.74) is 1.06. The van der Waals surface area contributed by atoms with Crippen LogP contribution in [0.25, 0.3) is 0 Å². The molecule has 1 heterocycles. The maximum Gasteiger partial charge on any atom is 0.322 e. The van der Waals surface area contributed by atoms with Crippen molar-refractivity contribution in [1.82, 2.24) is 15.1 Å². The molecule has 0 saturated carbocycles. The second-order valence-electron chi connectivity index (χ2n) is 8.61. The number of halogens is 2. The SMILES string of the molecule is CCC(C)C(NC(=O)c1ccc(Cl)cc1)C(=O)N1CCN(C(=O)Nc2cccc(Cl)c2)C(C)C1. The van der Waals surface area contributed by atoms with Crippen molar-refractivity contribution < 1.29 is 14.4 Å². The summed E-state index contributed by atoms with van der Waals surface area (Å²) in [4.78, 5) is 42.4. The van der Waals surface area contributed by atoms with E-state index in [1.807, 2.05) is 20.8 Å². The van der Waals surface area contributed by atoms with Crippen LogP contribution in [0.1, 0.15) is 37.6 Å². The molecule has 3 atom stereocenters. The third-order valence-corrected chi connectivity index (χ3v) is 6.64. The fraction of sp³-hybridized carbons (Fsp3) is 0.400. The monoisotopic (exact) mass is 504 g/mol. The van der Waals surface area contributed by atoms with Gasteiger partial charge in [-0.3, -0.25) is 9.59 Å². The molecule has 7 nitrogen and oxygen atoms in total. The summed E-state index contributed by atoms with van der Waals surface area (Å²) in [6.45, 7) is 6.99. The first-order chi connectivity index (χ1) is 16.2. The van der Waals surface area contributed by atoms with Gasteiger partial charge in [-0.2, -0.15) is 0 Å². The molecule has 0 aliphatic carbocycles. The number of urea groups is 1. The molecule has 9 heteroatoms. The van der Waals surface area contributed by atoms with Crippen LogP contribution >= 0.6 is 23.2 Å². The summed E-state index contributed by atoms with van der Waals surface area (Å²) in [5.74, 6) is -0.510. The molecule has 4 amide bonds. The van der Waals surface area contributed by atoms with Crippen molar-refractivity contribution in [1.29, 1.82) is 0 Å². The highest BCUT2D eigenvalue weighted by Gasteiger charge is 2.35. The van der Waals surface area contributed by atoms with Crippen LogP contribution in [0.5, 0.6) is 0 Å². The van der Waals surface area contributed by atoms with E-state index < -0.39 is 6.04 Å². The molecule has 1 aliphatic rings. The zero-order chi connectivity index (χ0) is 24.8. The first-order valence-corrected chi connectivity index (χ1v) is 12.1. The highest BCUT2D eigenvalue weighted by atomic mass is 35.5. The lowest BCUT2D eigenvalue weighted by atomic mass is 9.96. The Morgan fingerprint density at radius 1 is 1.06 bits per heavy atom. The molecule has 2 N–H and O–H groups in total. The van der Waals surface area contributed by atoms with E-state index in [2.05, 4.69) is 10.6 Å². The standard InChI is InChI=1S/C25H30Cl2N4O3/c1-4-16(2)22(29-23(32)18-8-10-19(26)11-9-18)24(33)30-12-13-31(17(3)15-30)25(34)28-21-7-5-6-20(27)14-21/h5-11,14,16-17,22H,4,12-13,15H2,1-3H3,(H,28,34)(H,29,32). The zero-order valence-corrected chi connectivity index (χ0v) is 21.1. The molecule has 1 aliphatic heterocycles. The molecular weight excluding hydrogens is 475 g/mol. The Bertz CT molecular complexity index is 1030. The molecule has 0 spiro atoms. The van der Waals surface area contributed by atoms with Crippen molar-refractivity contribution in [3.63, 3.8) is 0 Å². The van der Waals surface area contributed by atoms with E-state index in [9.17, 15) is 14.4 Å². The Labute approximate surface area is 210 Å². The van der Waals surface area contributed by atoms with Crippen molar-refractivity contribution in [2.75, 3.05) is 25.0 Å². The van der Waals surface area contributed by atoms with Gasteiger partial charge in [0.25, 0.3) is 5.91 Å². The van der Waals surface area contributed by atoms with Crippen LogP contribution in [0.4, 0.5) is 10.5 Å². The minimum Gasteiger partial charge on any atom is -0.340 e. The van der Waals surface area contributed by atoms with Crippen molar-refractivity contribution >= 4 is 46.7 Å². The summed E-state index contributed by atoms with van der Waals surface area (Å²) in [6.07, 6.45) is 0.731. The fourth-order valence-electron chi connectivity index (χ4n) is 3.93. The number of piperazine rings is 1. The highest BCUT2D eigenvalue weighted by molar-refractivity contribution is 6.31. The second kappa shape index (κ2) is 11.6. The number of nitrogens with zero attached hydrogens (tertiary/aromatic N) is 2. The van der Waals surface area contributed by atoms with E-state index in [1.54, 1.807) is 58.3 Å². The van der Waals surface area contributed by atoms with Crippen LogP contribution < -0.4 is 10.6 Å². The number of carbonyl (C=O) groups is 3. The molecule has 3 rings (SSSR count). The van der Waals surface area contributed by atoms with Crippen LogP contribution in [-0.4, -0.2) is 59.4 Å². The molecule has 34 heavy (non-hydrogen) atoms. The third-order valence-electron chi connectivity index (χ3n) is 6.15. The molecule has 1 saturated heterocycles. The summed E-state index contributed by atoms with van der Waals surface area (Å²) in [7, 11) is 0. The summed E-state index contributed by atoms with van der Waals surface area (Å²) >= 11 is 11.9. The van der Waals surface area contributed by atoms with Gasteiger partial charge in [0.1, 0.15) is 6.04 Å². The molecular formula is C25H30Cl2N4O3. The average molecular weight is 505 g/mol. The molecule has 2 aromatic carbocycles. The number of nitrogens with one attached hydrogen (secondary N) is 2. The normalized spacial score (nSPS) is 17.6. The van der Waals surface area contributed by atoms with Gasteiger partial charge in [-0.15, -0.1) is 0 Å². The Morgan fingerprint density at radius 2 is 1.76 bits per heavy atom. The Morgan fingerprint density at radius 3 is 2.38 bits per heavy atom. The first-order valence-electron chi connectivity index (χ1n) is 11.4. The van der Waals surface area contributed by atoms with Crippen LogP contribution in [0.2, 0.25) is 10.0 Å². The van der Waals surface area contributed by atoms with Gasteiger partial charge in [0.05, 0.1) is 0 Å². The number of benzene rings is 2. The lowest BCUT2D eigenvalue weighted by Gasteiger charge is -2.41. The topological polar surface area (TPSA) is 81.8 Å². The average Bonchev–Trinajstić information content (AvgIpc) is 2.81. The van der Waals surface area contributed by atoms with Gasteiger partial charge in [0, 0.05) is 47.0 Å². The highest BCUT2D eigenvalue weighted by Crippen LogP contribution is 2.19.